The zero-order chi connectivity index (χ0) is 26.0. The summed E-state index contributed by atoms with van der Waals surface area (Å²) in [7, 11) is 1.84. The van der Waals surface area contributed by atoms with E-state index < -0.39 is 17.3 Å². The molecule has 11 heteroatoms. The van der Waals surface area contributed by atoms with Gasteiger partial charge in [-0.25, -0.2) is 4.39 Å². The van der Waals surface area contributed by atoms with Crippen LogP contribution >= 0.6 is 0 Å². The van der Waals surface area contributed by atoms with Crippen LogP contribution in [0.3, 0.4) is 0 Å². The Kier molecular flexibility index (Phi) is 6.73. The molecule has 10 nitrogen and oxygen atoms in total. The molecule has 4 heterocycles. The number of rotatable bonds is 7. The third kappa shape index (κ3) is 4.90. The van der Waals surface area contributed by atoms with Gasteiger partial charge in [0.05, 0.1) is 23.6 Å². The quantitative estimate of drug-likeness (QED) is 0.234. The van der Waals surface area contributed by atoms with Gasteiger partial charge >= 0.3 is 0 Å². The third-order valence-electron chi connectivity index (χ3n) is 5.72. The Morgan fingerprint density at radius 1 is 1.17 bits per heavy atom. The molecule has 1 amide bonds. The number of nitrogens with zero attached hydrogens (tertiary/aromatic N) is 6. The average Bonchev–Trinajstić information content (AvgIpc) is 3.49. The van der Waals surface area contributed by atoms with E-state index in [1.807, 2.05) is 26.2 Å². The number of aryl methyl sites for hydroxylation is 3. The van der Waals surface area contributed by atoms with E-state index in [1.54, 1.807) is 43.1 Å². The fourth-order valence-electron chi connectivity index (χ4n) is 3.63. The Hall–Kier alpha value is -4.67. The minimum absolute atomic E-state index is 0.176. The molecule has 2 N–H and O–H groups in total. The summed E-state index contributed by atoms with van der Waals surface area (Å²) in [4.78, 5) is 17.6. The topological polar surface area (TPSA) is 130 Å². The number of amides is 1. The average molecular weight is 489 g/mol. The Bertz CT molecular complexity index is 1530. The summed E-state index contributed by atoms with van der Waals surface area (Å²) in [6.07, 6.45) is 10.5. The predicted octanol–water partition coefficient (Wildman–Crippen LogP) is 3.52. The van der Waals surface area contributed by atoms with Crippen LogP contribution in [0, 0.1) is 30.5 Å². The molecule has 0 saturated heterocycles. The van der Waals surface area contributed by atoms with Gasteiger partial charge in [-0.05, 0) is 44.5 Å². The zero-order valence-corrected chi connectivity index (χ0v) is 20.2. The van der Waals surface area contributed by atoms with E-state index in [0.717, 1.165) is 27.3 Å². The maximum absolute atomic E-state index is 14.5. The second-order valence-corrected chi connectivity index (χ2v) is 8.39. The molecule has 0 aliphatic heterocycles. The Labute approximate surface area is 206 Å². The smallest absolute Gasteiger partial charge is 0.214 e. The van der Waals surface area contributed by atoms with Crippen LogP contribution in [0.2, 0.25) is 0 Å². The minimum atomic E-state index is -0.833. The van der Waals surface area contributed by atoms with Gasteiger partial charge in [-0.2, -0.15) is 5.10 Å². The molecule has 0 saturated carbocycles. The fourth-order valence-corrected chi connectivity index (χ4v) is 3.63. The number of hydrogen-bond donors (Lipinski definition) is 2. The number of hydrogen-bond acceptors (Lipinski definition) is 7. The van der Waals surface area contributed by atoms with E-state index in [0.29, 0.717) is 29.1 Å². The highest BCUT2D eigenvalue weighted by atomic mass is 19.1. The molecule has 1 atom stereocenters. The van der Waals surface area contributed by atoms with Crippen molar-refractivity contribution in [3.8, 4) is 22.5 Å². The highest BCUT2D eigenvalue weighted by Gasteiger charge is 2.20. The molecule has 4 aromatic heterocycles. The maximum atomic E-state index is 14.5. The summed E-state index contributed by atoms with van der Waals surface area (Å²) in [5.74, 6) is -0.699. The zero-order valence-electron chi connectivity index (χ0n) is 20.2. The van der Waals surface area contributed by atoms with Gasteiger partial charge in [0.2, 0.25) is 6.41 Å². The van der Waals surface area contributed by atoms with Crippen molar-refractivity contribution in [3.63, 3.8) is 0 Å². The summed E-state index contributed by atoms with van der Waals surface area (Å²) in [5.41, 5.74) is 3.83. The van der Waals surface area contributed by atoms with E-state index in [4.69, 9.17) is 15.3 Å². The molecule has 0 aliphatic carbocycles. The van der Waals surface area contributed by atoms with Crippen molar-refractivity contribution in [3.05, 3.63) is 77.4 Å². The van der Waals surface area contributed by atoms with Crippen LogP contribution in [-0.2, 0) is 11.8 Å². The molecular weight excluding hydrogens is 463 g/mol. The summed E-state index contributed by atoms with van der Waals surface area (Å²) in [6, 6.07) is 3.94. The lowest BCUT2D eigenvalue weighted by atomic mass is 10.1. The third-order valence-corrected chi connectivity index (χ3v) is 5.72. The maximum Gasteiger partial charge on any atom is 0.214 e. The van der Waals surface area contributed by atoms with Gasteiger partial charge in [0.25, 0.3) is 0 Å². The molecule has 0 aliphatic rings. The van der Waals surface area contributed by atoms with Gasteiger partial charge < -0.3 is 9.42 Å². The lowest BCUT2D eigenvalue weighted by Crippen LogP contribution is -2.42. The summed E-state index contributed by atoms with van der Waals surface area (Å²) in [5, 5.41) is 24.7. The lowest BCUT2D eigenvalue weighted by Gasteiger charge is -2.23. The molecule has 0 radical (unpaired) electrons. The molecule has 184 valence electrons. The highest BCUT2D eigenvalue weighted by molar-refractivity contribution is 5.88. The van der Waals surface area contributed by atoms with Crippen molar-refractivity contribution in [2.24, 2.45) is 7.05 Å². The van der Waals surface area contributed by atoms with Gasteiger partial charge in [0.1, 0.15) is 5.84 Å². The highest BCUT2D eigenvalue weighted by Crippen LogP contribution is 2.22. The number of carbonyl (C=O) groups excluding carboxylic acids is 1. The van der Waals surface area contributed by atoms with Crippen LogP contribution in [0.5, 0.6) is 0 Å². The van der Waals surface area contributed by atoms with E-state index in [9.17, 15) is 9.18 Å². The van der Waals surface area contributed by atoms with Crippen LogP contribution in [0.4, 0.5) is 4.39 Å². The normalized spacial score (nSPS) is 12.1. The summed E-state index contributed by atoms with van der Waals surface area (Å²) >= 11 is 0. The van der Waals surface area contributed by atoms with Crippen LogP contribution in [-0.4, -0.2) is 47.7 Å². The first-order chi connectivity index (χ1) is 17.2. The van der Waals surface area contributed by atoms with Crippen molar-refractivity contribution in [2.75, 3.05) is 0 Å². The number of aromatic nitrogens is 5. The molecule has 0 unspecified atom stereocenters. The van der Waals surface area contributed by atoms with Gasteiger partial charge in [0.15, 0.2) is 17.1 Å². The SMILES string of the molecule is Cc1cc(-c2cc(F)c(=N)n(C(=N)[C@@H](C)N(C=O)/C=C\c3ncc(-c4cnn(C)c4)cc3C)c2)on1. The molecule has 0 aromatic carbocycles. The molecule has 4 aromatic rings. The summed E-state index contributed by atoms with van der Waals surface area (Å²) < 4.78 is 22.5. The van der Waals surface area contributed by atoms with E-state index in [2.05, 4.69) is 15.2 Å². The first-order valence-electron chi connectivity index (χ1n) is 11.0. The van der Waals surface area contributed by atoms with Crippen molar-refractivity contribution >= 4 is 18.3 Å². The number of halogens is 1. The minimum Gasteiger partial charge on any atom is -0.356 e. The fraction of sp³-hybridized carbons (Fsp3) is 0.200. The number of nitrogens with one attached hydrogen (secondary N) is 2. The second-order valence-electron chi connectivity index (χ2n) is 8.39. The van der Waals surface area contributed by atoms with Crippen molar-refractivity contribution in [2.45, 2.75) is 26.8 Å². The van der Waals surface area contributed by atoms with E-state index in [1.165, 1.54) is 17.3 Å². The van der Waals surface area contributed by atoms with Crippen LogP contribution in [0.15, 0.2) is 53.7 Å². The standard InChI is InChI=1S/C25H25FN8O2/c1-15-7-18(20-11-30-32(4)12-20)10-29-22(15)5-6-33(14-35)17(3)24(27)34-13-19(9-21(26)25(34)28)23-8-16(2)31-36-23/h5-14,17,27-28H,1-4H3/b6-5-,27-24?,28-25?/t17-/m1/s1. The second kappa shape index (κ2) is 9.90. The monoisotopic (exact) mass is 488 g/mol. The molecular formula is C25H25FN8O2. The summed E-state index contributed by atoms with van der Waals surface area (Å²) in [6.45, 7) is 5.26. The van der Waals surface area contributed by atoms with Crippen LogP contribution < -0.4 is 5.49 Å². The van der Waals surface area contributed by atoms with Crippen molar-refractivity contribution in [1.82, 2.24) is 29.4 Å². The van der Waals surface area contributed by atoms with Crippen molar-refractivity contribution in [1.29, 1.82) is 10.8 Å². The van der Waals surface area contributed by atoms with Gasteiger partial charge in [0, 0.05) is 54.6 Å². The molecule has 4 rings (SSSR count). The van der Waals surface area contributed by atoms with Crippen LogP contribution in [0.25, 0.3) is 28.5 Å². The molecule has 0 bridgehead atoms. The number of carbonyl (C=O) groups is 1. The van der Waals surface area contributed by atoms with Gasteiger partial charge in [-0.1, -0.05) is 5.16 Å². The first-order valence-corrected chi connectivity index (χ1v) is 11.0. The number of pyridine rings is 2. The lowest BCUT2D eigenvalue weighted by molar-refractivity contribution is -0.116. The van der Waals surface area contributed by atoms with Crippen LogP contribution in [0.1, 0.15) is 23.9 Å². The molecule has 36 heavy (non-hydrogen) atoms. The van der Waals surface area contributed by atoms with E-state index >= 15 is 0 Å². The molecule has 0 spiro atoms. The predicted molar refractivity (Wildman–Crippen MR) is 131 cm³/mol. The Balaban J connectivity index is 1.58. The first kappa shape index (κ1) is 24.5. The Morgan fingerprint density at radius 2 is 1.94 bits per heavy atom. The van der Waals surface area contributed by atoms with Crippen molar-refractivity contribution < 1.29 is 13.7 Å². The van der Waals surface area contributed by atoms with Gasteiger partial charge in [-0.3, -0.25) is 29.8 Å². The molecule has 0 fully saturated rings. The van der Waals surface area contributed by atoms with E-state index in [-0.39, 0.29) is 5.84 Å². The van der Waals surface area contributed by atoms with Gasteiger partial charge in [-0.15, -0.1) is 0 Å². The largest absolute Gasteiger partial charge is 0.356 e. The Morgan fingerprint density at radius 3 is 2.56 bits per heavy atom.